The average Bonchev–Trinajstić information content (AvgIpc) is 3.57. The van der Waals surface area contributed by atoms with E-state index in [1.165, 1.54) is 19.2 Å². The van der Waals surface area contributed by atoms with Crippen LogP contribution in [0.25, 0.3) is 10.8 Å². The van der Waals surface area contributed by atoms with Gasteiger partial charge in [0.05, 0.1) is 36.0 Å². The van der Waals surface area contributed by atoms with Gasteiger partial charge in [-0.05, 0) is 119 Å². The van der Waals surface area contributed by atoms with E-state index in [2.05, 4.69) is 15.6 Å². The van der Waals surface area contributed by atoms with Crippen LogP contribution in [0.3, 0.4) is 0 Å². The van der Waals surface area contributed by atoms with Crippen LogP contribution in [0.2, 0.25) is 0 Å². The van der Waals surface area contributed by atoms with E-state index in [0.29, 0.717) is 65.8 Å². The highest BCUT2D eigenvalue weighted by molar-refractivity contribution is 7.92. The third-order valence-corrected chi connectivity index (χ3v) is 10.8. The van der Waals surface area contributed by atoms with Crippen molar-refractivity contribution in [1.29, 1.82) is 0 Å². The molecule has 266 valence electrons. The SMILES string of the molecule is CCOc1cc([C@H](Nc2ccc3c(N)nccc3c2)C(=O)N2CCC[C@H]2c2cc(NC(=O)OC)ccc2S(=O)(=O)C(C)C)ccc1OC(C)C. The largest absolute Gasteiger partial charge is 0.490 e. The van der Waals surface area contributed by atoms with Crippen LogP contribution in [0, 0.1) is 0 Å². The average molecular weight is 704 g/mol. The minimum Gasteiger partial charge on any atom is -0.490 e. The van der Waals surface area contributed by atoms with Gasteiger partial charge in [-0.2, -0.15) is 0 Å². The highest BCUT2D eigenvalue weighted by Gasteiger charge is 2.38. The lowest BCUT2D eigenvalue weighted by Crippen LogP contribution is -2.38. The fraction of sp³-hybridized carbons (Fsp3) is 0.378. The van der Waals surface area contributed by atoms with Gasteiger partial charge in [0.1, 0.15) is 11.9 Å². The maximum atomic E-state index is 14.9. The van der Waals surface area contributed by atoms with Crippen LogP contribution in [-0.2, 0) is 19.4 Å². The van der Waals surface area contributed by atoms with Gasteiger partial charge in [-0.1, -0.05) is 6.07 Å². The van der Waals surface area contributed by atoms with E-state index < -0.39 is 33.3 Å². The molecule has 5 rings (SSSR count). The summed E-state index contributed by atoms with van der Waals surface area (Å²) in [7, 11) is -2.51. The van der Waals surface area contributed by atoms with Gasteiger partial charge in [0, 0.05) is 29.5 Å². The molecule has 0 spiro atoms. The molecule has 12 nitrogen and oxygen atoms in total. The molecule has 2 amide bonds. The van der Waals surface area contributed by atoms with Crippen molar-refractivity contribution < 1.29 is 32.2 Å². The first kappa shape index (κ1) is 36.2. The highest BCUT2D eigenvalue weighted by atomic mass is 32.2. The molecule has 4 N–H and O–H groups in total. The van der Waals surface area contributed by atoms with Crippen LogP contribution >= 0.6 is 0 Å². The van der Waals surface area contributed by atoms with Crippen LogP contribution in [-0.4, -0.2) is 61.9 Å². The number of nitrogens with two attached hydrogens (primary N) is 1. The van der Waals surface area contributed by atoms with Crippen LogP contribution < -0.4 is 25.8 Å². The molecule has 3 aromatic carbocycles. The van der Waals surface area contributed by atoms with Crippen LogP contribution in [0.4, 0.5) is 22.0 Å². The molecule has 0 radical (unpaired) electrons. The first-order valence-corrected chi connectivity index (χ1v) is 18.3. The zero-order chi connectivity index (χ0) is 36.2. The van der Waals surface area contributed by atoms with E-state index in [1.54, 1.807) is 43.1 Å². The molecule has 1 aliphatic heterocycles. The molecule has 1 aromatic heterocycles. The fourth-order valence-electron chi connectivity index (χ4n) is 6.16. The van der Waals surface area contributed by atoms with E-state index in [4.69, 9.17) is 19.9 Å². The summed E-state index contributed by atoms with van der Waals surface area (Å²) in [5.74, 6) is 1.20. The maximum absolute atomic E-state index is 14.9. The van der Waals surface area contributed by atoms with Crippen molar-refractivity contribution in [2.45, 2.75) is 75.8 Å². The summed E-state index contributed by atoms with van der Waals surface area (Å²) < 4.78 is 44.0. The number of hydrogen-bond acceptors (Lipinski definition) is 10. The molecule has 4 aromatic rings. The van der Waals surface area contributed by atoms with Crippen molar-refractivity contribution >= 4 is 49.8 Å². The Morgan fingerprint density at radius 3 is 2.46 bits per heavy atom. The Balaban J connectivity index is 1.61. The monoisotopic (exact) mass is 703 g/mol. The Morgan fingerprint density at radius 2 is 1.76 bits per heavy atom. The van der Waals surface area contributed by atoms with Gasteiger partial charge in [0.2, 0.25) is 5.91 Å². The zero-order valence-corrected chi connectivity index (χ0v) is 30.0. The third-order valence-electron chi connectivity index (χ3n) is 8.58. The standard InChI is InChI=1S/C37H45N5O7S/c1-7-48-32-20-25(10-14-31(32)49-22(2)3)34(40-26-11-13-28-24(19-26)16-17-39-35(28)38)36(43)42-18-8-9-30(42)29-21-27(41-37(44)47-6)12-15-33(29)50(45,46)23(4)5/h10-17,19-23,30,34,40H,7-9,18H2,1-6H3,(H2,38,39)(H,41,44)/t30-,34-/m0/s1. The summed E-state index contributed by atoms with van der Waals surface area (Å²) >= 11 is 0. The van der Waals surface area contributed by atoms with E-state index >= 15 is 0 Å². The summed E-state index contributed by atoms with van der Waals surface area (Å²) in [6.45, 7) is 9.75. The molecule has 13 heteroatoms. The number of fused-ring (bicyclic) bond motifs is 1. The number of likely N-dealkylation sites (tertiary alicyclic amines) is 1. The lowest BCUT2D eigenvalue weighted by Gasteiger charge is -2.32. The van der Waals surface area contributed by atoms with E-state index in [0.717, 1.165) is 10.8 Å². The minimum atomic E-state index is -3.76. The van der Waals surface area contributed by atoms with Gasteiger partial charge in [-0.15, -0.1) is 0 Å². The number of carbonyl (C=O) groups excluding carboxylic acids is 2. The van der Waals surface area contributed by atoms with Crippen LogP contribution in [0.1, 0.15) is 70.7 Å². The highest BCUT2D eigenvalue weighted by Crippen LogP contribution is 2.41. The quantitative estimate of drug-likeness (QED) is 0.142. The van der Waals surface area contributed by atoms with Crippen molar-refractivity contribution in [2.75, 3.05) is 36.6 Å². The zero-order valence-electron chi connectivity index (χ0n) is 29.2. The van der Waals surface area contributed by atoms with Gasteiger partial charge >= 0.3 is 6.09 Å². The summed E-state index contributed by atoms with van der Waals surface area (Å²) in [5.41, 5.74) is 8.20. The molecule has 0 saturated carbocycles. The first-order chi connectivity index (χ1) is 23.8. The van der Waals surface area contributed by atoms with Gasteiger partial charge < -0.3 is 30.2 Å². The molecule has 0 aliphatic carbocycles. The number of rotatable bonds is 12. The van der Waals surface area contributed by atoms with Crippen molar-refractivity contribution in [3.05, 3.63) is 78.0 Å². The van der Waals surface area contributed by atoms with Crippen molar-refractivity contribution in [1.82, 2.24) is 9.88 Å². The molecule has 2 atom stereocenters. The number of hydrogen-bond donors (Lipinski definition) is 3. The molecule has 0 bridgehead atoms. The van der Waals surface area contributed by atoms with Crippen LogP contribution in [0.5, 0.6) is 11.5 Å². The van der Waals surface area contributed by atoms with Crippen LogP contribution in [0.15, 0.2) is 71.8 Å². The fourth-order valence-corrected chi connectivity index (χ4v) is 7.45. The Kier molecular flexibility index (Phi) is 11.0. The number of nitrogens with one attached hydrogen (secondary N) is 2. The Morgan fingerprint density at radius 1 is 1.00 bits per heavy atom. The molecule has 2 heterocycles. The normalized spacial score (nSPS) is 15.3. The van der Waals surface area contributed by atoms with Gasteiger partial charge in [-0.25, -0.2) is 18.2 Å². The second-order valence-electron chi connectivity index (χ2n) is 12.7. The van der Waals surface area contributed by atoms with Crippen molar-refractivity contribution in [2.24, 2.45) is 0 Å². The number of nitrogen functional groups attached to an aromatic ring is 1. The number of anilines is 3. The molecule has 0 unspecified atom stereocenters. The lowest BCUT2D eigenvalue weighted by molar-refractivity contribution is -0.133. The first-order valence-electron chi connectivity index (χ1n) is 16.7. The number of aromatic nitrogens is 1. The summed E-state index contributed by atoms with van der Waals surface area (Å²) in [6.07, 6.45) is 2.01. The Bertz CT molecular complexity index is 1980. The summed E-state index contributed by atoms with van der Waals surface area (Å²) in [4.78, 5) is 33.0. The number of amides is 2. The predicted octanol–water partition coefficient (Wildman–Crippen LogP) is 6.88. The topological polar surface area (TPSA) is 162 Å². The van der Waals surface area contributed by atoms with E-state index in [1.807, 2.05) is 51.1 Å². The molecular weight excluding hydrogens is 659 g/mol. The molecule has 50 heavy (non-hydrogen) atoms. The number of nitrogens with zero attached hydrogens (tertiary/aromatic N) is 2. The number of pyridine rings is 1. The van der Waals surface area contributed by atoms with Gasteiger partial charge in [-0.3, -0.25) is 10.1 Å². The lowest BCUT2D eigenvalue weighted by atomic mass is 10.00. The number of methoxy groups -OCH3 is 1. The Labute approximate surface area is 293 Å². The van der Waals surface area contributed by atoms with E-state index in [9.17, 15) is 18.0 Å². The smallest absolute Gasteiger partial charge is 0.411 e. The summed E-state index contributed by atoms with van der Waals surface area (Å²) in [6, 6.07) is 16.0. The number of sulfone groups is 1. The number of ether oxygens (including phenoxy) is 3. The third kappa shape index (κ3) is 7.72. The maximum Gasteiger partial charge on any atom is 0.411 e. The molecule has 1 fully saturated rings. The second kappa shape index (κ2) is 15.2. The number of carbonyl (C=O) groups is 2. The van der Waals surface area contributed by atoms with Crippen molar-refractivity contribution in [3.63, 3.8) is 0 Å². The molecular formula is C37H45N5O7S. The molecule has 1 saturated heterocycles. The van der Waals surface area contributed by atoms with Gasteiger partial charge in [0.15, 0.2) is 21.3 Å². The van der Waals surface area contributed by atoms with Gasteiger partial charge in [0.25, 0.3) is 0 Å². The second-order valence-corrected chi connectivity index (χ2v) is 15.1. The van der Waals surface area contributed by atoms with Crippen molar-refractivity contribution in [3.8, 4) is 11.5 Å². The molecule has 1 aliphatic rings. The summed E-state index contributed by atoms with van der Waals surface area (Å²) in [5, 5.41) is 7.01. The number of benzene rings is 3. The Hall–Kier alpha value is -5.04. The predicted molar refractivity (Wildman–Crippen MR) is 194 cm³/mol. The van der Waals surface area contributed by atoms with E-state index in [-0.39, 0.29) is 16.9 Å². The minimum absolute atomic E-state index is 0.0961.